The van der Waals surface area contributed by atoms with Crippen molar-refractivity contribution in [3.8, 4) is 0 Å². The molecule has 6 nitrogen and oxygen atoms in total. The fourth-order valence-electron chi connectivity index (χ4n) is 2.55. The number of benzene rings is 1. The van der Waals surface area contributed by atoms with E-state index in [1.807, 2.05) is 42.8 Å². The first-order valence-corrected chi connectivity index (χ1v) is 8.81. The molecule has 0 aliphatic rings. The summed E-state index contributed by atoms with van der Waals surface area (Å²) in [6.45, 7) is 4.59. The molecule has 8 heteroatoms. The summed E-state index contributed by atoms with van der Waals surface area (Å²) in [5.41, 5.74) is 3.93. The first-order chi connectivity index (χ1) is 11.8. The van der Waals surface area contributed by atoms with Gasteiger partial charge in [0.15, 0.2) is 5.69 Å². The maximum atomic E-state index is 12.3. The minimum absolute atomic E-state index is 0.206. The van der Waals surface area contributed by atoms with Crippen molar-refractivity contribution in [1.82, 2.24) is 19.6 Å². The van der Waals surface area contributed by atoms with E-state index in [-0.39, 0.29) is 11.6 Å². The van der Waals surface area contributed by atoms with Crippen LogP contribution in [0, 0.1) is 13.8 Å². The Labute approximate surface area is 158 Å². The Kier molecular flexibility index (Phi) is 4.96. The second-order valence-corrected chi connectivity index (χ2v) is 7.00. The summed E-state index contributed by atoms with van der Waals surface area (Å²) >= 11 is 9.55. The van der Waals surface area contributed by atoms with Crippen LogP contribution < -0.4 is 5.32 Å². The molecule has 0 radical (unpaired) electrons. The predicted molar refractivity (Wildman–Crippen MR) is 101 cm³/mol. The molecule has 2 heterocycles. The molecule has 0 saturated heterocycles. The number of rotatable bonds is 4. The lowest BCUT2D eigenvalue weighted by atomic mass is 10.2. The van der Waals surface area contributed by atoms with Crippen molar-refractivity contribution in [2.75, 3.05) is 5.32 Å². The van der Waals surface area contributed by atoms with Crippen LogP contribution in [-0.2, 0) is 13.6 Å². The normalized spacial score (nSPS) is 10.9. The van der Waals surface area contributed by atoms with Gasteiger partial charge in [-0.25, -0.2) is 0 Å². The third kappa shape index (κ3) is 3.77. The van der Waals surface area contributed by atoms with Gasteiger partial charge in [-0.15, -0.1) is 0 Å². The van der Waals surface area contributed by atoms with Gasteiger partial charge in [-0.05, 0) is 47.5 Å². The van der Waals surface area contributed by atoms with Crippen LogP contribution in [0.4, 0.5) is 5.69 Å². The number of hydrogen-bond donors (Lipinski definition) is 1. The van der Waals surface area contributed by atoms with Crippen LogP contribution in [0.1, 0.15) is 27.4 Å². The SMILES string of the molecule is Cc1nn(Cc2cccc(NC(=O)c3nn(C)cc3Cl)c2)c(C)c1Br. The molecule has 1 aromatic carbocycles. The van der Waals surface area contributed by atoms with Gasteiger partial charge in [0.2, 0.25) is 0 Å². The van der Waals surface area contributed by atoms with E-state index in [0.717, 1.165) is 21.4 Å². The Morgan fingerprint density at radius 1 is 1.32 bits per heavy atom. The molecule has 0 atom stereocenters. The van der Waals surface area contributed by atoms with Crippen molar-refractivity contribution in [2.24, 2.45) is 7.05 Å². The first-order valence-electron chi connectivity index (χ1n) is 7.64. The van der Waals surface area contributed by atoms with Gasteiger partial charge in [-0.3, -0.25) is 14.2 Å². The fourth-order valence-corrected chi connectivity index (χ4v) is 3.10. The Balaban J connectivity index is 1.78. The predicted octanol–water partition coefficient (Wildman–Crippen LogP) is 3.95. The summed E-state index contributed by atoms with van der Waals surface area (Å²) in [6, 6.07) is 7.63. The average molecular weight is 423 g/mol. The molecule has 0 saturated carbocycles. The minimum atomic E-state index is -0.336. The lowest BCUT2D eigenvalue weighted by Crippen LogP contribution is -2.14. The van der Waals surface area contributed by atoms with Crippen molar-refractivity contribution in [1.29, 1.82) is 0 Å². The zero-order chi connectivity index (χ0) is 18.1. The average Bonchev–Trinajstić information content (AvgIpc) is 3.02. The summed E-state index contributed by atoms with van der Waals surface area (Å²) in [7, 11) is 1.72. The molecule has 1 N–H and O–H groups in total. The van der Waals surface area contributed by atoms with Crippen molar-refractivity contribution >= 4 is 39.1 Å². The highest BCUT2D eigenvalue weighted by Gasteiger charge is 2.15. The van der Waals surface area contributed by atoms with E-state index in [4.69, 9.17) is 11.6 Å². The molecule has 3 aromatic rings. The highest BCUT2D eigenvalue weighted by molar-refractivity contribution is 9.10. The van der Waals surface area contributed by atoms with E-state index < -0.39 is 0 Å². The number of halogens is 2. The van der Waals surface area contributed by atoms with Crippen molar-refractivity contribution in [3.63, 3.8) is 0 Å². The van der Waals surface area contributed by atoms with Gasteiger partial charge in [-0.1, -0.05) is 23.7 Å². The molecular formula is C17H17BrClN5O. The van der Waals surface area contributed by atoms with Crippen molar-refractivity contribution in [3.05, 3.63) is 62.6 Å². The van der Waals surface area contributed by atoms with Gasteiger partial charge in [0.1, 0.15) is 0 Å². The number of carbonyl (C=O) groups is 1. The van der Waals surface area contributed by atoms with Gasteiger partial charge in [0.05, 0.1) is 27.4 Å². The van der Waals surface area contributed by atoms with Crippen LogP contribution in [-0.4, -0.2) is 25.5 Å². The largest absolute Gasteiger partial charge is 0.321 e. The monoisotopic (exact) mass is 421 g/mol. The summed E-state index contributed by atoms with van der Waals surface area (Å²) in [5, 5.41) is 11.7. The summed E-state index contributed by atoms with van der Waals surface area (Å²) in [5.74, 6) is -0.336. The Hall–Kier alpha value is -2.12. The molecule has 0 bridgehead atoms. The first kappa shape index (κ1) is 17.7. The number of nitrogens with zero attached hydrogens (tertiary/aromatic N) is 4. The van der Waals surface area contributed by atoms with Crippen LogP contribution in [0.3, 0.4) is 0 Å². The third-order valence-electron chi connectivity index (χ3n) is 3.81. The zero-order valence-electron chi connectivity index (χ0n) is 14.0. The molecule has 0 aliphatic heterocycles. The third-order valence-corrected chi connectivity index (χ3v) is 5.23. The number of amides is 1. The van der Waals surface area contributed by atoms with Gasteiger partial charge >= 0.3 is 0 Å². The molecule has 2 aromatic heterocycles. The summed E-state index contributed by atoms with van der Waals surface area (Å²) in [4.78, 5) is 12.3. The van der Waals surface area contributed by atoms with Crippen LogP contribution >= 0.6 is 27.5 Å². The van der Waals surface area contributed by atoms with Crippen LogP contribution in [0.15, 0.2) is 34.9 Å². The molecule has 1 amide bonds. The molecule has 0 fully saturated rings. The van der Waals surface area contributed by atoms with Gasteiger partial charge in [0.25, 0.3) is 5.91 Å². The highest BCUT2D eigenvalue weighted by Crippen LogP contribution is 2.22. The van der Waals surface area contributed by atoms with E-state index in [0.29, 0.717) is 17.3 Å². The minimum Gasteiger partial charge on any atom is -0.321 e. The Morgan fingerprint density at radius 3 is 2.68 bits per heavy atom. The number of aryl methyl sites for hydroxylation is 2. The van der Waals surface area contributed by atoms with Crippen LogP contribution in [0.25, 0.3) is 0 Å². The van der Waals surface area contributed by atoms with E-state index in [2.05, 4.69) is 31.4 Å². The molecule has 0 spiro atoms. The smallest absolute Gasteiger partial charge is 0.277 e. The number of carbonyl (C=O) groups excluding carboxylic acids is 1. The molecule has 3 rings (SSSR count). The fraction of sp³-hybridized carbons (Fsp3) is 0.235. The lowest BCUT2D eigenvalue weighted by molar-refractivity contribution is 0.102. The van der Waals surface area contributed by atoms with E-state index in [1.165, 1.54) is 4.68 Å². The second-order valence-electron chi connectivity index (χ2n) is 5.80. The van der Waals surface area contributed by atoms with Crippen LogP contribution in [0.5, 0.6) is 0 Å². The van der Waals surface area contributed by atoms with Crippen LogP contribution in [0.2, 0.25) is 5.02 Å². The maximum absolute atomic E-state index is 12.3. The molecule has 130 valence electrons. The molecule has 0 aliphatic carbocycles. The highest BCUT2D eigenvalue weighted by atomic mass is 79.9. The number of nitrogens with one attached hydrogen (secondary N) is 1. The number of hydrogen-bond acceptors (Lipinski definition) is 3. The Bertz CT molecular complexity index is 947. The topological polar surface area (TPSA) is 64.7 Å². The van der Waals surface area contributed by atoms with E-state index >= 15 is 0 Å². The van der Waals surface area contributed by atoms with Gasteiger partial charge in [-0.2, -0.15) is 10.2 Å². The summed E-state index contributed by atoms with van der Waals surface area (Å²) in [6.07, 6.45) is 1.59. The molecule has 25 heavy (non-hydrogen) atoms. The standard InChI is InChI=1S/C17H17BrClN5O/c1-10-15(18)11(2)24(21-10)8-12-5-4-6-13(7-12)20-17(25)16-14(19)9-23(3)22-16/h4-7,9H,8H2,1-3H3,(H,20,25). The Morgan fingerprint density at radius 2 is 2.08 bits per heavy atom. The van der Waals surface area contributed by atoms with E-state index in [1.54, 1.807) is 13.2 Å². The lowest BCUT2D eigenvalue weighted by Gasteiger charge is -2.08. The quantitative estimate of drug-likeness (QED) is 0.692. The second kappa shape index (κ2) is 7.01. The van der Waals surface area contributed by atoms with Gasteiger partial charge < -0.3 is 5.32 Å². The maximum Gasteiger partial charge on any atom is 0.277 e. The number of aromatic nitrogens is 4. The molecular weight excluding hydrogens is 406 g/mol. The van der Waals surface area contributed by atoms with Crippen molar-refractivity contribution < 1.29 is 4.79 Å². The van der Waals surface area contributed by atoms with E-state index in [9.17, 15) is 4.79 Å². The molecule has 0 unspecified atom stereocenters. The zero-order valence-corrected chi connectivity index (χ0v) is 16.4. The number of anilines is 1. The summed E-state index contributed by atoms with van der Waals surface area (Å²) < 4.78 is 4.45. The van der Waals surface area contributed by atoms with Crippen molar-refractivity contribution in [2.45, 2.75) is 20.4 Å². The van der Waals surface area contributed by atoms with Gasteiger partial charge in [0, 0.05) is 18.9 Å².